The number of carbonyl (C=O) groups is 1. The Kier molecular flexibility index (Phi) is 10.5. The molecule has 202 valence electrons. The summed E-state index contributed by atoms with van der Waals surface area (Å²) in [4.78, 5) is 12.6. The summed E-state index contributed by atoms with van der Waals surface area (Å²) in [5.74, 6) is -0.518. The van der Waals surface area contributed by atoms with Crippen LogP contribution < -0.4 is 0 Å². The minimum atomic E-state index is -1.18. The van der Waals surface area contributed by atoms with Crippen molar-refractivity contribution in [1.82, 2.24) is 0 Å². The van der Waals surface area contributed by atoms with Crippen LogP contribution in [0.2, 0.25) is 0 Å². The molecule has 0 bridgehead atoms. The van der Waals surface area contributed by atoms with E-state index in [1.807, 2.05) is 73.7 Å². The number of ether oxygens (including phenoxy) is 5. The van der Waals surface area contributed by atoms with E-state index in [4.69, 9.17) is 23.7 Å². The molecule has 1 N–H and O–H groups in total. The number of carbonyl (C=O) groups excluding carboxylic acids is 1. The molecule has 1 aliphatic rings. The van der Waals surface area contributed by atoms with Crippen LogP contribution >= 0.6 is 15.9 Å². The Morgan fingerprint density at radius 2 is 1.37 bits per heavy atom. The molecule has 0 amide bonds. The van der Waals surface area contributed by atoms with Gasteiger partial charge in [-0.2, -0.15) is 0 Å². The highest BCUT2D eigenvalue weighted by atomic mass is 79.9. The van der Waals surface area contributed by atoms with Gasteiger partial charge in [-0.25, -0.2) is 4.79 Å². The first-order chi connectivity index (χ1) is 18.5. The van der Waals surface area contributed by atoms with Gasteiger partial charge in [-0.05, 0) is 30.2 Å². The maximum atomic E-state index is 12.9. The minimum absolute atomic E-state index is 0.245. The second-order valence-corrected chi connectivity index (χ2v) is 10.6. The van der Waals surface area contributed by atoms with Crippen LogP contribution in [0.3, 0.4) is 0 Å². The minimum Gasteiger partial charge on any atom is -0.455 e. The third-order valence-corrected chi connectivity index (χ3v) is 6.91. The van der Waals surface area contributed by atoms with Crippen molar-refractivity contribution < 1.29 is 33.6 Å². The molecule has 8 heteroatoms. The van der Waals surface area contributed by atoms with Crippen LogP contribution in [0.15, 0.2) is 91.0 Å². The van der Waals surface area contributed by atoms with Crippen molar-refractivity contribution >= 4 is 21.9 Å². The smallest absolute Gasteiger partial charge is 0.338 e. The molecule has 4 rings (SSSR count). The maximum absolute atomic E-state index is 12.9. The van der Waals surface area contributed by atoms with E-state index in [1.54, 1.807) is 24.3 Å². The van der Waals surface area contributed by atoms with E-state index < -0.39 is 42.8 Å². The second kappa shape index (κ2) is 14.0. The molecule has 0 spiro atoms. The van der Waals surface area contributed by atoms with Crippen LogP contribution in [0.25, 0.3) is 0 Å². The summed E-state index contributed by atoms with van der Waals surface area (Å²) in [5.41, 5.74) is 2.31. The van der Waals surface area contributed by atoms with Gasteiger partial charge < -0.3 is 28.8 Å². The fourth-order valence-electron chi connectivity index (χ4n) is 4.40. The molecule has 7 atom stereocenters. The SMILES string of the molecule is CO[C@H]1O[C@H](C(OC(=O)c2ccccc2)C(C)Br)[C@H](O)[C@H](OCc2ccccc2)[C@H]1OCc1ccccc1. The molecule has 0 radical (unpaired) electrons. The standard InChI is InChI=1S/C30H33BrO7/c1-20(31)25(37-29(33)23-16-10-5-11-17-23)27-24(32)26(35-18-21-12-6-3-7-13-21)28(30(34-2)38-27)36-19-22-14-8-4-9-15-22/h3-17,20,24-28,30,32H,18-19H2,1-2H3/t20?,24-,25?,26+,27+,28-,30+/m1/s1. The second-order valence-electron chi connectivity index (χ2n) is 9.13. The highest BCUT2D eigenvalue weighted by molar-refractivity contribution is 9.09. The number of benzene rings is 3. The Morgan fingerprint density at radius 1 is 0.868 bits per heavy atom. The molecular formula is C30H33BrO7. The largest absolute Gasteiger partial charge is 0.455 e. The van der Waals surface area contributed by atoms with Crippen LogP contribution in [-0.4, -0.2) is 59.8 Å². The molecule has 1 fully saturated rings. The number of alkyl halides is 1. The fraction of sp³-hybridized carbons (Fsp3) is 0.367. The summed E-state index contributed by atoms with van der Waals surface area (Å²) in [7, 11) is 1.51. The molecule has 0 saturated carbocycles. The number of rotatable bonds is 11. The van der Waals surface area contributed by atoms with Gasteiger partial charge in [0.15, 0.2) is 6.29 Å². The normalized spacial score (nSPS) is 24.9. The number of hydrogen-bond acceptors (Lipinski definition) is 7. The zero-order valence-electron chi connectivity index (χ0n) is 21.4. The van der Waals surface area contributed by atoms with E-state index in [2.05, 4.69) is 15.9 Å². The average Bonchev–Trinajstić information content (AvgIpc) is 2.95. The third-order valence-electron chi connectivity index (χ3n) is 6.39. The van der Waals surface area contributed by atoms with Gasteiger partial charge in [-0.15, -0.1) is 0 Å². The van der Waals surface area contributed by atoms with E-state index >= 15 is 0 Å². The van der Waals surface area contributed by atoms with E-state index in [0.29, 0.717) is 5.56 Å². The van der Waals surface area contributed by atoms with E-state index in [1.165, 1.54) is 7.11 Å². The monoisotopic (exact) mass is 584 g/mol. The molecule has 1 saturated heterocycles. The summed E-state index contributed by atoms with van der Waals surface area (Å²) < 4.78 is 30.2. The predicted octanol–water partition coefficient (Wildman–Crippen LogP) is 4.90. The Hall–Kier alpha value is -2.59. The number of esters is 1. The summed E-state index contributed by atoms with van der Waals surface area (Å²) in [6, 6.07) is 28.1. The average molecular weight is 585 g/mol. The predicted molar refractivity (Wildman–Crippen MR) is 146 cm³/mol. The lowest BCUT2D eigenvalue weighted by Gasteiger charge is -2.46. The zero-order valence-corrected chi connectivity index (χ0v) is 23.0. The lowest BCUT2D eigenvalue weighted by atomic mass is 9.93. The molecule has 1 heterocycles. The van der Waals surface area contributed by atoms with Gasteiger partial charge in [-0.1, -0.05) is 94.8 Å². The van der Waals surface area contributed by atoms with Gasteiger partial charge in [0.05, 0.1) is 23.6 Å². The van der Waals surface area contributed by atoms with Crippen molar-refractivity contribution in [2.45, 2.75) is 61.8 Å². The highest BCUT2D eigenvalue weighted by Gasteiger charge is 2.51. The molecule has 2 unspecified atom stereocenters. The Balaban J connectivity index is 1.57. The van der Waals surface area contributed by atoms with Gasteiger partial charge in [-0.3, -0.25) is 0 Å². The van der Waals surface area contributed by atoms with Gasteiger partial charge >= 0.3 is 5.97 Å². The summed E-state index contributed by atoms with van der Waals surface area (Å²) >= 11 is 3.54. The van der Waals surface area contributed by atoms with Crippen molar-refractivity contribution in [2.24, 2.45) is 0 Å². The summed E-state index contributed by atoms with van der Waals surface area (Å²) in [6.45, 7) is 2.35. The van der Waals surface area contributed by atoms with Gasteiger partial charge in [0.2, 0.25) is 0 Å². The molecule has 7 nitrogen and oxygen atoms in total. The lowest BCUT2D eigenvalue weighted by Crippen LogP contribution is -2.64. The maximum Gasteiger partial charge on any atom is 0.338 e. The number of hydrogen-bond donors (Lipinski definition) is 1. The van der Waals surface area contributed by atoms with Gasteiger partial charge in [0.25, 0.3) is 0 Å². The van der Waals surface area contributed by atoms with Crippen LogP contribution in [-0.2, 0) is 36.9 Å². The Labute approximate surface area is 231 Å². The third kappa shape index (κ3) is 7.28. The molecular weight excluding hydrogens is 552 g/mol. The van der Waals surface area contributed by atoms with E-state index in [0.717, 1.165) is 11.1 Å². The van der Waals surface area contributed by atoms with Crippen molar-refractivity contribution in [3.8, 4) is 0 Å². The van der Waals surface area contributed by atoms with Gasteiger partial charge in [0.1, 0.15) is 30.5 Å². The van der Waals surface area contributed by atoms with E-state index in [9.17, 15) is 9.90 Å². The van der Waals surface area contributed by atoms with Crippen LogP contribution in [0.1, 0.15) is 28.4 Å². The molecule has 38 heavy (non-hydrogen) atoms. The van der Waals surface area contributed by atoms with Crippen molar-refractivity contribution in [3.05, 3.63) is 108 Å². The van der Waals surface area contributed by atoms with Crippen molar-refractivity contribution in [2.75, 3.05) is 7.11 Å². The topological polar surface area (TPSA) is 83.5 Å². The summed E-state index contributed by atoms with van der Waals surface area (Å²) in [5, 5.41) is 11.6. The first-order valence-corrected chi connectivity index (χ1v) is 13.5. The van der Waals surface area contributed by atoms with Crippen molar-refractivity contribution in [3.63, 3.8) is 0 Å². The van der Waals surface area contributed by atoms with Crippen LogP contribution in [0.5, 0.6) is 0 Å². The quantitative estimate of drug-likeness (QED) is 0.253. The van der Waals surface area contributed by atoms with Crippen LogP contribution in [0, 0.1) is 0 Å². The molecule has 0 aromatic heterocycles. The molecule has 0 aliphatic carbocycles. The number of aliphatic hydroxyl groups excluding tert-OH is 1. The number of aliphatic hydroxyl groups is 1. The fourth-order valence-corrected chi connectivity index (χ4v) is 4.81. The highest BCUT2D eigenvalue weighted by Crippen LogP contribution is 2.33. The first kappa shape index (κ1) is 28.4. The van der Waals surface area contributed by atoms with E-state index in [-0.39, 0.29) is 18.0 Å². The molecule has 3 aromatic carbocycles. The zero-order chi connectivity index (χ0) is 26.9. The Morgan fingerprint density at radius 3 is 1.87 bits per heavy atom. The number of methoxy groups -OCH3 is 1. The molecule has 3 aromatic rings. The summed E-state index contributed by atoms with van der Waals surface area (Å²) in [6.07, 6.45) is -5.41. The van der Waals surface area contributed by atoms with Crippen molar-refractivity contribution in [1.29, 1.82) is 0 Å². The molecule has 1 aliphatic heterocycles. The van der Waals surface area contributed by atoms with Gasteiger partial charge in [0, 0.05) is 7.11 Å². The number of halogens is 1. The first-order valence-electron chi connectivity index (χ1n) is 12.6. The lowest BCUT2D eigenvalue weighted by molar-refractivity contribution is -0.321. The Bertz CT molecular complexity index is 1110. The van der Waals surface area contributed by atoms with Crippen LogP contribution in [0.4, 0.5) is 0 Å².